The average molecular weight is 263 g/mol. The first-order valence-electron chi connectivity index (χ1n) is 5.18. The van der Waals surface area contributed by atoms with Gasteiger partial charge in [0.2, 0.25) is 5.95 Å². The van der Waals surface area contributed by atoms with E-state index in [4.69, 9.17) is 4.74 Å². The Labute approximate surface area is 101 Å². The summed E-state index contributed by atoms with van der Waals surface area (Å²) in [7, 11) is 0. The molecule has 1 atom stereocenters. The molecule has 0 bridgehead atoms. The first-order valence-corrected chi connectivity index (χ1v) is 5.18. The van der Waals surface area contributed by atoms with E-state index in [1.165, 1.54) is 6.92 Å². The van der Waals surface area contributed by atoms with Crippen molar-refractivity contribution in [3.05, 3.63) is 18.0 Å². The second kappa shape index (κ2) is 5.65. The quantitative estimate of drug-likeness (QED) is 0.840. The van der Waals surface area contributed by atoms with Crippen molar-refractivity contribution in [2.75, 3.05) is 11.9 Å². The van der Waals surface area contributed by atoms with Crippen LogP contribution in [0.15, 0.2) is 12.3 Å². The van der Waals surface area contributed by atoms with Gasteiger partial charge in [0.05, 0.1) is 6.61 Å². The molecule has 0 aliphatic rings. The van der Waals surface area contributed by atoms with Crippen LogP contribution in [0.25, 0.3) is 0 Å². The summed E-state index contributed by atoms with van der Waals surface area (Å²) in [5, 5.41) is 2.44. The van der Waals surface area contributed by atoms with Crippen molar-refractivity contribution in [2.45, 2.75) is 26.1 Å². The number of esters is 1. The molecule has 0 amide bonds. The maximum absolute atomic E-state index is 12.4. The van der Waals surface area contributed by atoms with Crippen LogP contribution in [0.2, 0.25) is 0 Å². The Hall–Kier alpha value is -1.86. The molecule has 1 heterocycles. The third-order valence-electron chi connectivity index (χ3n) is 1.93. The van der Waals surface area contributed by atoms with E-state index >= 15 is 0 Å². The zero-order chi connectivity index (χ0) is 13.8. The summed E-state index contributed by atoms with van der Waals surface area (Å²) in [5.41, 5.74) is -1.07. The molecule has 0 spiro atoms. The Morgan fingerprint density at radius 2 is 2.22 bits per heavy atom. The lowest BCUT2D eigenvalue weighted by Gasteiger charge is -2.13. The molecule has 1 N–H and O–H groups in total. The Balaban J connectivity index is 2.76. The molecule has 1 aromatic rings. The number of anilines is 1. The van der Waals surface area contributed by atoms with Gasteiger partial charge in [-0.05, 0) is 19.9 Å². The fourth-order valence-electron chi connectivity index (χ4n) is 1.11. The van der Waals surface area contributed by atoms with E-state index in [0.717, 1.165) is 12.3 Å². The summed E-state index contributed by atoms with van der Waals surface area (Å²) < 4.78 is 41.8. The van der Waals surface area contributed by atoms with E-state index in [1.54, 1.807) is 6.92 Å². The van der Waals surface area contributed by atoms with E-state index in [9.17, 15) is 18.0 Å². The Kier molecular flexibility index (Phi) is 4.46. The smallest absolute Gasteiger partial charge is 0.433 e. The Morgan fingerprint density at radius 1 is 1.56 bits per heavy atom. The molecule has 1 aromatic heterocycles. The van der Waals surface area contributed by atoms with Crippen LogP contribution in [0.3, 0.4) is 0 Å². The van der Waals surface area contributed by atoms with Gasteiger partial charge in [-0.15, -0.1) is 0 Å². The van der Waals surface area contributed by atoms with Gasteiger partial charge in [0.1, 0.15) is 11.7 Å². The first-order chi connectivity index (χ1) is 8.34. The molecule has 5 nitrogen and oxygen atoms in total. The van der Waals surface area contributed by atoms with Crippen LogP contribution in [0, 0.1) is 0 Å². The number of nitrogens with one attached hydrogen (secondary N) is 1. The van der Waals surface area contributed by atoms with Crippen LogP contribution in [0.1, 0.15) is 19.5 Å². The maximum atomic E-state index is 12.4. The van der Waals surface area contributed by atoms with Gasteiger partial charge in [-0.2, -0.15) is 13.2 Å². The van der Waals surface area contributed by atoms with Crippen molar-refractivity contribution in [3.8, 4) is 0 Å². The molecule has 0 aliphatic carbocycles. The molecule has 1 unspecified atom stereocenters. The molecule has 0 aromatic carbocycles. The van der Waals surface area contributed by atoms with Crippen LogP contribution < -0.4 is 5.32 Å². The minimum Gasteiger partial charge on any atom is -0.464 e. The molecule has 0 fully saturated rings. The molecule has 0 saturated carbocycles. The summed E-state index contributed by atoms with van der Waals surface area (Å²) in [4.78, 5) is 18.1. The fraction of sp³-hybridized carbons (Fsp3) is 0.500. The van der Waals surface area contributed by atoms with Crippen LogP contribution >= 0.6 is 0 Å². The highest BCUT2D eigenvalue weighted by atomic mass is 19.4. The van der Waals surface area contributed by atoms with Crippen LogP contribution in [0.5, 0.6) is 0 Å². The lowest BCUT2D eigenvalue weighted by molar-refractivity contribution is -0.143. The number of nitrogens with zero attached hydrogens (tertiary/aromatic N) is 2. The molecule has 100 valence electrons. The zero-order valence-corrected chi connectivity index (χ0v) is 9.78. The number of halogens is 3. The van der Waals surface area contributed by atoms with Gasteiger partial charge >= 0.3 is 12.1 Å². The number of hydrogen-bond donors (Lipinski definition) is 1. The van der Waals surface area contributed by atoms with Gasteiger partial charge in [0.15, 0.2) is 0 Å². The Bertz CT molecular complexity index is 423. The fourth-order valence-corrected chi connectivity index (χ4v) is 1.11. The summed E-state index contributed by atoms with van der Waals surface area (Å²) >= 11 is 0. The zero-order valence-electron chi connectivity index (χ0n) is 9.78. The summed E-state index contributed by atoms with van der Waals surface area (Å²) in [5.74, 6) is -0.858. The number of carbonyl (C=O) groups is 1. The second-order valence-corrected chi connectivity index (χ2v) is 3.38. The molecular formula is C10H12F3N3O2. The average Bonchev–Trinajstić information content (AvgIpc) is 2.28. The van der Waals surface area contributed by atoms with Crippen molar-refractivity contribution in [1.82, 2.24) is 9.97 Å². The van der Waals surface area contributed by atoms with Crippen molar-refractivity contribution in [2.24, 2.45) is 0 Å². The molecule has 0 saturated heterocycles. The number of alkyl halides is 3. The summed E-state index contributed by atoms with van der Waals surface area (Å²) in [6.45, 7) is 3.27. The number of ether oxygens (including phenoxy) is 1. The van der Waals surface area contributed by atoms with E-state index in [1.807, 2.05) is 0 Å². The van der Waals surface area contributed by atoms with E-state index in [2.05, 4.69) is 15.3 Å². The third-order valence-corrected chi connectivity index (χ3v) is 1.93. The normalized spacial score (nSPS) is 12.9. The molecule has 18 heavy (non-hydrogen) atoms. The Morgan fingerprint density at radius 3 is 2.78 bits per heavy atom. The van der Waals surface area contributed by atoms with Gasteiger partial charge in [0.25, 0.3) is 0 Å². The number of carbonyl (C=O) groups excluding carboxylic acids is 1. The van der Waals surface area contributed by atoms with Gasteiger partial charge in [-0.3, -0.25) is 0 Å². The lowest BCUT2D eigenvalue weighted by atomic mass is 10.3. The standard InChI is InChI=1S/C10H12F3N3O2/c1-3-18-8(17)6(2)15-9-14-5-4-7(16-9)10(11,12)13/h4-6H,3H2,1-2H3,(H,14,15,16). The second-order valence-electron chi connectivity index (χ2n) is 3.38. The number of rotatable bonds is 4. The predicted octanol–water partition coefficient (Wildman–Crippen LogP) is 1.86. The maximum Gasteiger partial charge on any atom is 0.433 e. The van der Waals surface area contributed by atoms with Crippen LogP contribution in [-0.4, -0.2) is 28.6 Å². The van der Waals surface area contributed by atoms with Crippen LogP contribution in [0.4, 0.5) is 19.1 Å². The summed E-state index contributed by atoms with van der Waals surface area (Å²) in [6.07, 6.45) is -3.58. The molecule has 1 rings (SSSR count). The monoisotopic (exact) mass is 263 g/mol. The highest BCUT2D eigenvalue weighted by molar-refractivity contribution is 5.78. The van der Waals surface area contributed by atoms with Crippen molar-refractivity contribution in [1.29, 1.82) is 0 Å². The van der Waals surface area contributed by atoms with E-state index in [0.29, 0.717) is 0 Å². The van der Waals surface area contributed by atoms with Gasteiger partial charge in [0, 0.05) is 6.20 Å². The first kappa shape index (κ1) is 14.2. The van der Waals surface area contributed by atoms with E-state index in [-0.39, 0.29) is 12.6 Å². The van der Waals surface area contributed by atoms with Gasteiger partial charge < -0.3 is 10.1 Å². The van der Waals surface area contributed by atoms with Crippen LogP contribution in [-0.2, 0) is 15.7 Å². The summed E-state index contributed by atoms with van der Waals surface area (Å²) in [6, 6.07) is -0.0753. The third kappa shape index (κ3) is 3.86. The molecule has 0 aliphatic heterocycles. The highest BCUT2D eigenvalue weighted by Crippen LogP contribution is 2.27. The molecule has 8 heteroatoms. The topological polar surface area (TPSA) is 64.1 Å². The van der Waals surface area contributed by atoms with Gasteiger partial charge in [-0.1, -0.05) is 0 Å². The minimum atomic E-state index is -4.55. The SMILES string of the molecule is CCOC(=O)C(C)Nc1nccc(C(F)(F)F)n1. The largest absolute Gasteiger partial charge is 0.464 e. The van der Waals surface area contributed by atoms with Crippen molar-refractivity contribution >= 4 is 11.9 Å². The van der Waals surface area contributed by atoms with Crippen molar-refractivity contribution < 1.29 is 22.7 Å². The highest BCUT2D eigenvalue weighted by Gasteiger charge is 2.33. The predicted molar refractivity (Wildman–Crippen MR) is 56.8 cm³/mol. The number of hydrogen-bond acceptors (Lipinski definition) is 5. The molecule has 0 radical (unpaired) electrons. The lowest BCUT2D eigenvalue weighted by Crippen LogP contribution is -2.29. The minimum absolute atomic E-state index is 0.189. The van der Waals surface area contributed by atoms with Crippen molar-refractivity contribution in [3.63, 3.8) is 0 Å². The molecular weight excluding hydrogens is 251 g/mol. The number of aromatic nitrogens is 2. The van der Waals surface area contributed by atoms with Gasteiger partial charge in [-0.25, -0.2) is 14.8 Å². The van der Waals surface area contributed by atoms with E-state index < -0.39 is 23.9 Å².